The number of nitrogens with one attached hydrogen (secondary N) is 1. The van der Waals surface area contributed by atoms with E-state index < -0.39 is 10.0 Å². The van der Waals surface area contributed by atoms with Crippen LogP contribution in [0.15, 0.2) is 77.7 Å². The van der Waals surface area contributed by atoms with E-state index in [1.807, 2.05) is 38.1 Å². The second-order valence-corrected chi connectivity index (χ2v) is 9.04. The third-order valence-corrected chi connectivity index (χ3v) is 6.52. The molecule has 0 saturated carbocycles. The molecule has 1 aliphatic heterocycles. The molecule has 5 nitrogen and oxygen atoms in total. The predicted molar refractivity (Wildman–Crippen MR) is 115 cm³/mol. The fourth-order valence-electron chi connectivity index (χ4n) is 3.66. The number of rotatable bonds is 4. The van der Waals surface area contributed by atoms with E-state index in [1.54, 1.807) is 53.4 Å². The summed E-state index contributed by atoms with van der Waals surface area (Å²) in [4.78, 5) is 15.2. The zero-order valence-electron chi connectivity index (χ0n) is 16.3. The maximum absolute atomic E-state index is 13.2. The monoisotopic (exact) mass is 406 g/mol. The topological polar surface area (TPSA) is 66.5 Å². The fourth-order valence-corrected chi connectivity index (χ4v) is 4.71. The predicted octanol–water partition coefficient (Wildman–Crippen LogP) is 4.39. The summed E-state index contributed by atoms with van der Waals surface area (Å²) in [6.45, 7) is 3.91. The number of hydrogen-bond acceptors (Lipinski definition) is 3. The summed E-state index contributed by atoms with van der Waals surface area (Å²) in [6, 6.07) is 21.2. The highest BCUT2D eigenvalue weighted by Crippen LogP contribution is 2.33. The molecule has 0 unspecified atom stereocenters. The smallest absolute Gasteiger partial charge is 0.261 e. The number of aryl methyl sites for hydroxylation is 1. The summed E-state index contributed by atoms with van der Waals surface area (Å²) < 4.78 is 27.9. The van der Waals surface area contributed by atoms with Gasteiger partial charge in [-0.05, 0) is 62.2 Å². The molecule has 1 heterocycles. The lowest BCUT2D eigenvalue weighted by Gasteiger charge is -2.23. The first-order chi connectivity index (χ1) is 13.8. The molecule has 1 amide bonds. The average molecular weight is 407 g/mol. The van der Waals surface area contributed by atoms with E-state index >= 15 is 0 Å². The van der Waals surface area contributed by atoms with E-state index in [-0.39, 0.29) is 16.8 Å². The van der Waals surface area contributed by atoms with Gasteiger partial charge in [-0.2, -0.15) is 0 Å². The molecule has 0 bridgehead atoms. The number of carbonyl (C=O) groups excluding carboxylic acids is 1. The van der Waals surface area contributed by atoms with Gasteiger partial charge in [-0.25, -0.2) is 8.42 Å². The Kier molecular flexibility index (Phi) is 4.88. The van der Waals surface area contributed by atoms with Crippen LogP contribution in [0.25, 0.3) is 0 Å². The Balaban J connectivity index is 1.61. The molecule has 0 spiro atoms. The van der Waals surface area contributed by atoms with Crippen molar-refractivity contribution < 1.29 is 13.2 Å². The minimum Gasteiger partial charge on any atom is -0.305 e. The first kappa shape index (κ1) is 19.2. The lowest BCUT2D eigenvalue weighted by molar-refractivity contribution is 0.0981. The third-order valence-electron chi connectivity index (χ3n) is 5.12. The lowest BCUT2D eigenvalue weighted by Crippen LogP contribution is -2.35. The Morgan fingerprint density at radius 1 is 1.00 bits per heavy atom. The van der Waals surface area contributed by atoms with Crippen molar-refractivity contribution >= 4 is 27.3 Å². The SMILES string of the molecule is Cc1ccc(S(=O)(=O)Nc2cccc(C(=O)N3c4ccccc4C[C@@H]3C)c2)cc1. The van der Waals surface area contributed by atoms with E-state index in [4.69, 9.17) is 0 Å². The Labute approximate surface area is 171 Å². The van der Waals surface area contributed by atoms with Gasteiger partial charge in [0, 0.05) is 23.0 Å². The molecule has 0 aromatic heterocycles. The molecule has 3 aromatic rings. The van der Waals surface area contributed by atoms with E-state index in [9.17, 15) is 13.2 Å². The van der Waals surface area contributed by atoms with Gasteiger partial charge >= 0.3 is 0 Å². The summed E-state index contributed by atoms with van der Waals surface area (Å²) >= 11 is 0. The number of carbonyl (C=O) groups is 1. The summed E-state index contributed by atoms with van der Waals surface area (Å²) in [5.41, 5.74) is 3.84. The summed E-state index contributed by atoms with van der Waals surface area (Å²) in [6.07, 6.45) is 0.807. The Morgan fingerprint density at radius 2 is 1.72 bits per heavy atom. The molecule has 4 rings (SSSR count). The van der Waals surface area contributed by atoms with Gasteiger partial charge in [-0.3, -0.25) is 9.52 Å². The van der Waals surface area contributed by atoms with Gasteiger partial charge in [0.15, 0.2) is 0 Å². The van der Waals surface area contributed by atoms with Crippen LogP contribution < -0.4 is 9.62 Å². The van der Waals surface area contributed by atoms with Crippen molar-refractivity contribution in [3.05, 3.63) is 89.5 Å². The highest BCUT2D eigenvalue weighted by atomic mass is 32.2. The quantitative estimate of drug-likeness (QED) is 0.699. The summed E-state index contributed by atoms with van der Waals surface area (Å²) in [5.74, 6) is -0.140. The first-order valence-electron chi connectivity index (χ1n) is 9.46. The molecule has 0 saturated heterocycles. The molecule has 0 radical (unpaired) electrons. The van der Waals surface area contributed by atoms with E-state index in [0.717, 1.165) is 23.2 Å². The maximum atomic E-state index is 13.2. The van der Waals surface area contributed by atoms with E-state index in [0.29, 0.717) is 11.3 Å². The Bertz CT molecular complexity index is 1170. The molecule has 1 N–H and O–H groups in total. The minimum absolute atomic E-state index is 0.0489. The third kappa shape index (κ3) is 3.76. The van der Waals surface area contributed by atoms with Gasteiger partial charge in [0.25, 0.3) is 15.9 Å². The van der Waals surface area contributed by atoms with Crippen LogP contribution in [-0.4, -0.2) is 20.4 Å². The number of amides is 1. The van der Waals surface area contributed by atoms with Crippen LogP contribution in [0.2, 0.25) is 0 Å². The van der Waals surface area contributed by atoms with Crippen molar-refractivity contribution in [3.8, 4) is 0 Å². The Hall–Kier alpha value is -3.12. The second-order valence-electron chi connectivity index (χ2n) is 7.36. The molecular formula is C23H22N2O3S. The van der Waals surface area contributed by atoms with Crippen LogP contribution >= 0.6 is 0 Å². The number of hydrogen-bond donors (Lipinski definition) is 1. The molecule has 3 aromatic carbocycles. The van der Waals surface area contributed by atoms with Crippen LogP contribution in [0.5, 0.6) is 0 Å². The van der Waals surface area contributed by atoms with E-state index in [2.05, 4.69) is 4.72 Å². The number of sulfonamides is 1. The minimum atomic E-state index is -3.73. The molecule has 29 heavy (non-hydrogen) atoms. The van der Waals surface area contributed by atoms with Crippen molar-refractivity contribution in [1.82, 2.24) is 0 Å². The van der Waals surface area contributed by atoms with E-state index in [1.165, 1.54) is 0 Å². The standard InChI is InChI=1S/C23H22N2O3S/c1-16-10-12-21(13-11-16)29(27,28)24-20-8-5-7-19(15-20)23(26)25-17(2)14-18-6-3-4-9-22(18)25/h3-13,15,17,24H,14H2,1-2H3/t17-/m0/s1. The summed E-state index contributed by atoms with van der Waals surface area (Å²) in [7, 11) is -3.73. The zero-order chi connectivity index (χ0) is 20.6. The lowest BCUT2D eigenvalue weighted by atomic mass is 10.1. The van der Waals surface area contributed by atoms with Crippen LogP contribution in [0, 0.1) is 6.92 Å². The van der Waals surface area contributed by atoms with Crippen LogP contribution in [0.3, 0.4) is 0 Å². The number of nitrogens with zero attached hydrogens (tertiary/aromatic N) is 1. The molecular weight excluding hydrogens is 384 g/mol. The highest BCUT2D eigenvalue weighted by Gasteiger charge is 2.31. The van der Waals surface area contributed by atoms with Gasteiger partial charge in [0.1, 0.15) is 0 Å². The van der Waals surface area contributed by atoms with Gasteiger partial charge < -0.3 is 4.90 Å². The molecule has 0 aliphatic carbocycles. The Morgan fingerprint density at radius 3 is 2.48 bits per heavy atom. The molecule has 1 aliphatic rings. The fraction of sp³-hybridized carbons (Fsp3) is 0.174. The van der Waals surface area contributed by atoms with Crippen molar-refractivity contribution in [1.29, 1.82) is 0 Å². The van der Waals surface area contributed by atoms with Crippen molar-refractivity contribution in [2.75, 3.05) is 9.62 Å². The molecule has 1 atom stereocenters. The van der Waals surface area contributed by atoms with Crippen molar-refractivity contribution in [3.63, 3.8) is 0 Å². The second kappa shape index (κ2) is 7.37. The molecule has 0 fully saturated rings. The summed E-state index contributed by atoms with van der Waals surface area (Å²) in [5, 5.41) is 0. The van der Waals surface area contributed by atoms with Crippen molar-refractivity contribution in [2.24, 2.45) is 0 Å². The van der Waals surface area contributed by atoms with Gasteiger partial charge in [0.05, 0.1) is 4.90 Å². The number of para-hydroxylation sites is 1. The first-order valence-corrected chi connectivity index (χ1v) is 10.9. The molecule has 148 valence electrons. The van der Waals surface area contributed by atoms with Crippen LogP contribution in [0.4, 0.5) is 11.4 Å². The van der Waals surface area contributed by atoms with Crippen molar-refractivity contribution in [2.45, 2.75) is 31.2 Å². The largest absolute Gasteiger partial charge is 0.305 e. The zero-order valence-corrected chi connectivity index (χ0v) is 17.1. The van der Waals surface area contributed by atoms with Gasteiger partial charge in [-0.15, -0.1) is 0 Å². The normalized spacial score (nSPS) is 15.8. The molecule has 6 heteroatoms. The number of fused-ring (bicyclic) bond motifs is 1. The average Bonchev–Trinajstić information content (AvgIpc) is 3.03. The number of anilines is 2. The van der Waals surface area contributed by atoms with Gasteiger partial charge in [0.2, 0.25) is 0 Å². The highest BCUT2D eigenvalue weighted by molar-refractivity contribution is 7.92. The van der Waals surface area contributed by atoms with Crippen LogP contribution in [0.1, 0.15) is 28.4 Å². The van der Waals surface area contributed by atoms with Gasteiger partial charge in [-0.1, -0.05) is 42.0 Å². The van der Waals surface area contributed by atoms with Crippen LogP contribution in [-0.2, 0) is 16.4 Å². The maximum Gasteiger partial charge on any atom is 0.261 e. The number of benzene rings is 3.